The summed E-state index contributed by atoms with van der Waals surface area (Å²) in [6.45, 7) is 7.82. The predicted molar refractivity (Wildman–Crippen MR) is 114 cm³/mol. The standard InChI is InChI=1S/C23H29FN6/c1-2-6-22(23-25-26-27-30(23)18-20-9-11-21(24)12-10-20)29-15-13-28(14-16-29)17-19-7-4-3-5-8-19/h3-5,7-12,22H,2,6,13-18H2,1H3/t22-/m1/s1. The average Bonchev–Trinajstić information content (AvgIpc) is 3.23. The third-order valence-corrected chi connectivity index (χ3v) is 5.76. The minimum absolute atomic E-state index is 0.198. The molecule has 3 aromatic rings. The number of hydrogen-bond acceptors (Lipinski definition) is 5. The lowest BCUT2D eigenvalue weighted by Gasteiger charge is -2.38. The molecule has 1 atom stereocenters. The Morgan fingerprint density at radius 3 is 2.30 bits per heavy atom. The van der Waals surface area contributed by atoms with Gasteiger partial charge in [-0.2, -0.15) is 0 Å². The topological polar surface area (TPSA) is 50.1 Å². The minimum atomic E-state index is -0.229. The molecule has 0 unspecified atom stereocenters. The SMILES string of the molecule is CCC[C@H](c1nnnn1Cc1ccc(F)cc1)N1CCN(Cc2ccccc2)CC1. The lowest BCUT2D eigenvalue weighted by Crippen LogP contribution is -2.47. The van der Waals surface area contributed by atoms with Crippen LogP contribution in [0, 0.1) is 5.82 Å². The van der Waals surface area contributed by atoms with Crippen molar-refractivity contribution in [2.24, 2.45) is 0 Å². The first kappa shape index (κ1) is 20.6. The summed E-state index contributed by atoms with van der Waals surface area (Å²) >= 11 is 0. The summed E-state index contributed by atoms with van der Waals surface area (Å²) in [7, 11) is 0. The molecule has 0 spiro atoms. The van der Waals surface area contributed by atoms with E-state index in [0.717, 1.165) is 57.0 Å². The van der Waals surface area contributed by atoms with E-state index in [1.165, 1.54) is 17.7 Å². The van der Waals surface area contributed by atoms with Crippen molar-refractivity contribution in [3.05, 3.63) is 77.4 Å². The maximum atomic E-state index is 13.2. The fraction of sp³-hybridized carbons (Fsp3) is 0.435. The molecule has 0 N–H and O–H groups in total. The van der Waals surface area contributed by atoms with Crippen molar-refractivity contribution >= 4 is 0 Å². The number of benzene rings is 2. The van der Waals surface area contributed by atoms with Gasteiger partial charge in [0.05, 0.1) is 12.6 Å². The van der Waals surface area contributed by atoms with E-state index in [9.17, 15) is 4.39 Å². The molecule has 0 amide bonds. The summed E-state index contributed by atoms with van der Waals surface area (Å²) in [5.41, 5.74) is 2.35. The summed E-state index contributed by atoms with van der Waals surface area (Å²) < 4.78 is 15.1. The van der Waals surface area contributed by atoms with E-state index in [0.29, 0.717) is 6.54 Å². The van der Waals surface area contributed by atoms with Crippen LogP contribution in [0.5, 0.6) is 0 Å². The third-order valence-electron chi connectivity index (χ3n) is 5.76. The first-order valence-corrected chi connectivity index (χ1v) is 10.7. The molecule has 0 saturated carbocycles. The number of piperazine rings is 1. The second-order valence-electron chi connectivity index (χ2n) is 7.92. The van der Waals surface area contributed by atoms with Gasteiger partial charge in [-0.25, -0.2) is 9.07 Å². The molecule has 1 fully saturated rings. The smallest absolute Gasteiger partial charge is 0.168 e. The third kappa shape index (κ3) is 5.09. The second-order valence-corrected chi connectivity index (χ2v) is 7.92. The first-order chi connectivity index (χ1) is 14.7. The van der Waals surface area contributed by atoms with E-state index in [-0.39, 0.29) is 11.9 Å². The van der Waals surface area contributed by atoms with Crippen LogP contribution in [0.1, 0.15) is 42.8 Å². The Kier molecular flexibility index (Phi) is 6.81. The van der Waals surface area contributed by atoms with Crippen molar-refractivity contribution in [2.45, 2.75) is 38.9 Å². The van der Waals surface area contributed by atoms with Crippen molar-refractivity contribution < 1.29 is 4.39 Å². The number of nitrogens with zero attached hydrogens (tertiary/aromatic N) is 6. The predicted octanol–water partition coefficient (Wildman–Crippen LogP) is 3.52. The van der Waals surface area contributed by atoms with Gasteiger partial charge >= 0.3 is 0 Å². The van der Waals surface area contributed by atoms with Crippen molar-refractivity contribution in [3.8, 4) is 0 Å². The minimum Gasteiger partial charge on any atom is -0.297 e. The van der Waals surface area contributed by atoms with Crippen LogP contribution in [0.25, 0.3) is 0 Å². The summed E-state index contributed by atoms with van der Waals surface area (Å²) in [5.74, 6) is 0.672. The Morgan fingerprint density at radius 2 is 1.60 bits per heavy atom. The zero-order chi connectivity index (χ0) is 20.8. The molecule has 4 rings (SSSR count). The largest absolute Gasteiger partial charge is 0.297 e. The van der Waals surface area contributed by atoms with Gasteiger partial charge in [0.15, 0.2) is 5.82 Å². The van der Waals surface area contributed by atoms with E-state index in [1.54, 1.807) is 12.1 Å². The second kappa shape index (κ2) is 9.91. The van der Waals surface area contributed by atoms with Crippen LogP contribution in [0.15, 0.2) is 54.6 Å². The monoisotopic (exact) mass is 408 g/mol. The molecule has 7 heteroatoms. The molecule has 6 nitrogen and oxygen atoms in total. The van der Waals surface area contributed by atoms with Gasteiger partial charge in [-0.15, -0.1) is 5.10 Å². The van der Waals surface area contributed by atoms with Crippen LogP contribution in [0.4, 0.5) is 4.39 Å². The zero-order valence-electron chi connectivity index (χ0n) is 17.5. The van der Waals surface area contributed by atoms with Crippen molar-refractivity contribution in [3.63, 3.8) is 0 Å². The molecule has 2 aromatic carbocycles. The highest BCUT2D eigenvalue weighted by molar-refractivity contribution is 5.17. The van der Waals surface area contributed by atoms with Gasteiger partial charge < -0.3 is 0 Å². The Balaban J connectivity index is 1.42. The number of rotatable bonds is 8. The molecule has 1 saturated heterocycles. The molecule has 1 aliphatic heterocycles. The van der Waals surface area contributed by atoms with Crippen molar-refractivity contribution in [1.82, 2.24) is 30.0 Å². The quantitative estimate of drug-likeness (QED) is 0.571. The van der Waals surface area contributed by atoms with Gasteiger partial charge in [-0.1, -0.05) is 55.8 Å². The number of aromatic nitrogens is 4. The lowest BCUT2D eigenvalue weighted by atomic mass is 10.1. The molecule has 1 aliphatic rings. The fourth-order valence-electron chi connectivity index (χ4n) is 4.15. The van der Waals surface area contributed by atoms with E-state index in [4.69, 9.17) is 0 Å². The van der Waals surface area contributed by atoms with Crippen LogP contribution in [0.3, 0.4) is 0 Å². The Morgan fingerprint density at radius 1 is 0.900 bits per heavy atom. The van der Waals surface area contributed by atoms with Crippen molar-refractivity contribution in [2.75, 3.05) is 26.2 Å². The van der Waals surface area contributed by atoms with Gasteiger partial charge in [-0.3, -0.25) is 9.80 Å². The van der Waals surface area contributed by atoms with Gasteiger partial charge in [0.2, 0.25) is 0 Å². The van der Waals surface area contributed by atoms with E-state index in [2.05, 4.69) is 62.6 Å². The highest BCUT2D eigenvalue weighted by Crippen LogP contribution is 2.26. The summed E-state index contributed by atoms with van der Waals surface area (Å²) in [6.07, 6.45) is 2.08. The Labute approximate surface area is 177 Å². The first-order valence-electron chi connectivity index (χ1n) is 10.7. The van der Waals surface area contributed by atoms with Gasteiger partial charge in [-0.05, 0) is 40.1 Å². The molecule has 30 heavy (non-hydrogen) atoms. The van der Waals surface area contributed by atoms with Gasteiger partial charge in [0.1, 0.15) is 5.82 Å². The van der Waals surface area contributed by atoms with Crippen LogP contribution in [0.2, 0.25) is 0 Å². The highest BCUT2D eigenvalue weighted by Gasteiger charge is 2.28. The Bertz CT molecular complexity index is 903. The highest BCUT2D eigenvalue weighted by atomic mass is 19.1. The number of halogens is 1. The van der Waals surface area contributed by atoms with Crippen LogP contribution in [-0.2, 0) is 13.1 Å². The number of tetrazole rings is 1. The molecule has 1 aromatic heterocycles. The normalized spacial score (nSPS) is 16.6. The summed E-state index contributed by atoms with van der Waals surface area (Å²) in [4.78, 5) is 5.02. The van der Waals surface area contributed by atoms with E-state index >= 15 is 0 Å². The number of hydrogen-bond donors (Lipinski definition) is 0. The lowest BCUT2D eigenvalue weighted by molar-refractivity contribution is 0.0820. The summed E-state index contributed by atoms with van der Waals surface area (Å²) in [5, 5.41) is 12.6. The molecular formula is C23H29FN6. The maximum absolute atomic E-state index is 13.2. The molecule has 0 bridgehead atoms. The van der Waals surface area contributed by atoms with Crippen LogP contribution in [-0.4, -0.2) is 56.2 Å². The van der Waals surface area contributed by atoms with Crippen LogP contribution < -0.4 is 0 Å². The molecule has 158 valence electrons. The van der Waals surface area contributed by atoms with E-state index in [1.807, 2.05) is 4.68 Å². The average molecular weight is 409 g/mol. The fourth-order valence-corrected chi connectivity index (χ4v) is 4.15. The van der Waals surface area contributed by atoms with Crippen molar-refractivity contribution in [1.29, 1.82) is 0 Å². The molecule has 0 radical (unpaired) electrons. The zero-order valence-corrected chi connectivity index (χ0v) is 17.5. The molecule has 0 aliphatic carbocycles. The Hall–Kier alpha value is -2.64. The van der Waals surface area contributed by atoms with Gasteiger partial charge in [0, 0.05) is 32.7 Å². The summed E-state index contributed by atoms with van der Waals surface area (Å²) in [6, 6.07) is 17.4. The van der Waals surface area contributed by atoms with E-state index < -0.39 is 0 Å². The van der Waals surface area contributed by atoms with Crippen LogP contribution >= 0.6 is 0 Å². The van der Waals surface area contributed by atoms with Gasteiger partial charge in [0.25, 0.3) is 0 Å². The maximum Gasteiger partial charge on any atom is 0.168 e. The molecular weight excluding hydrogens is 379 g/mol. The molecule has 2 heterocycles.